The van der Waals surface area contributed by atoms with Crippen LogP contribution >= 0.6 is 0 Å². The number of para-hydroxylation sites is 2. The highest BCUT2D eigenvalue weighted by molar-refractivity contribution is 5.76. The average molecular weight is 229 g/mol. The van der Waals surface area contributed by atoms with Gasteiger partial charge in [-0.25, -0.2) is 4.98 Å². The number of nitrogens with zero attached hydrogens (tertiary/aromatic N) is 2. The van der Waals surface area contributed by atoms with Crippen LogP contribution in [0.3, 0.4) is 0 Å². The summed E-state index contributed by atoms with van der Waals surface area (Å²) in [5.74, 6) is 1.73. The minimum absolute atomic E-state index is 0.119. The second-order valence-electron chi connectivity index (χ2n) is 4.97. The third-order valence-electron chi connectivity index (χ3n) is 3.56. The molecule has 1 atom stereocenters. The summed E-state index contributed by atoms with van der Waals surface area (Å²) in [4.78, 5) is 4.73. The Kier molecular flexibility index (Phi) is 2.63. The largest absolute Gasteiger partial charge is 0.327 e. The number of imidazole rings is 1. The summed E-state index contributed by atoms with van der Waals surface area (Å²) >= 11 is 0. The molecular formula is C14H19N3. The van der Waals surface area contributed by atoms with Crippen LogP contribution in [0.2, 0.25) is 0 Å². The number of benzene rings is 1. The van der Waals surface area contributed by atoms with Crippen LogP contribution in [-0.2, 0) is 6.54 Å². The van der Waals surface area contributed by atoms with Gasteiger partial charge in [0.1, 0.15) is 5.82 Å². The van der Waals surface area contributed by atoms with Crippen LogP contribution in [0.15, 0.2) is 24.3 Å². The molecule has 0 bridgehead atoms. The molecule has 17 heavy (non-hydrogen) atoms. The molecule has 3 rings (SSSR count). The van der Waals surface area contributed by atoms with E-state index < -0.39 is 0 Å². The zero-order valence-electron chi connectivity index (χ0n) is 10.3. The minimum atomic E-state index is 0.119. The maximum atomic E-state index is 6.31. The molecule has 1 fully saturated rings. The average Bonchev–Trinajstić information content (AvgIpc) is 3.13. The molecule has 2 N–H and O–H groups in total. The smallest absolute Gasteiger partial charge is 0.127 e. The van der Waals surface area contributed by atoms with Gasteiger partial charge in [-0.05, 0) is 37.3 Å². The number of aryl methyl sites for hydroxylation is 1. The van der Waals surface area contributed by atoms with Crippen molar-refractivity contribution in [2.75, 3.05) is 0 Å². The summed E-state index contributed by atoms with van der Waals surface area (Å²) in [5, 5.41) is 0. The lowest BCUT2D eigenvalue weighted by atomic mass is 10.2. The van der Waals surface area contributed by atoms with Crippen LogP contribution in [0.4, 0.5) is 0 Å². The topological polar surface area (TPSA) is 43.8 Å². The highest BCUT2D eigenvalue weighted by Crippen LogP contribution is 2.39. The van der Waals surface area contributed by atoms with Crippen molar-refractivity contribution in [2.45, 2.75) is 38.8 Å². The SMILES string of the molecule is CCCn1c(C(N)C2CC2)nc2ccccc21. The van der Waals surface area contributed by atoms with E-state index in [2.05, 4.69) is 29.7 Å². The van der Waals surface area contributed by atoms with Gasteiger partial charge >= 0.3 is 0 Å². The van der Waals surface area contributed by atoms with E-state index in [0.717, 1.165) is 24.3 Å². The Bertz CT molecular complexity index is 525. The molecule has 2 aromatic rings. The third-order valence-corrected chi connectivity index (χ3v) is 3.56. The van der Waals surface area contributed by atoms with Crippen LogP contribution < -0.4 is 5.73 Å². The summed E-state index contributed by atoms with van der Waals surface area (Å²) in [6.45, 7) is 3.21. The normalized spacial score (nSPS) is 17.5. The molecule has 3 nitrogen and oxygen atoms in total. The Morgan fingerprint density at radius 1 is 1.41 bits per heavy atom. The van der Waals surface area contributed by atoms with Gasteiger partial charge in [0.2, 0.25) is 0 Å². The number of aromatic nitrogens is 2. The highest BCUT2D eigenvalue weighted by atomic mass is 15.1. The molecule has 1 aliphatic rings. The fraction of sp³-hybridized carbons (Fsp3) is 0.500. The fourth-order valence-electron chi connectivity index (χ4n) is 2.47. The lowest BCUT2D eigenvalue weighted by Gasteiger charge is -2.13. The molecule has 0 spiro atoms. The lowest BCUT2D eigenvalue weighted by molar-refractivity contribution is 0.543. The number of hydrogen-bond acceptors (Lipinski definition) is 2. The molecule has 3 heteroatoms. The molecule has 1 saturated carbocycles. The van der Waals surface area contributed by atoms with Crippen molar-refractivity contribution < 1.29 is 0 Å². The maximum Gasteiger partial charge on any atom is 0.127 e. The molecule has 1 aromatic heterocycles. The Labute approximate surface area is 102 Å². The number of rotatable bonds is 4. The van der Waals surface area contributed by atoms with Crippen molar-refractivity contribution in [1.29, 1.82) is 0 Å². The van der Waals surface area contributed by atoms with Crippen LogP contribution in [0.5, 0.6) is 0 Å². The quantitative estimate of drug-likeness (QED) is 0.876. The molecule has 1 aliphatic carbocycles. The minimum Gasteiger partial charge on any atom is -0.327 e. The number of hydrogen-bond donors (Lipinski definition) is 1. The summed E-state index contributed by atoms with van der Waals surface area (Å²) in [7, 11) is 0. The van der Waals surface area contributed by atoms with Crippen LogP contribution in [-0.4, -0.2) is 9.55 Å². The van der Waals surface area contributed by atoms with Gasteiger partial charge in [-0.15, -0.1) is 0 Å². The van der Waals surface area contributed by atoms with Gasteiger partial charge in [-0.2, -0.15) is 0 Å². The summed E-state index contributed by atoms with van der Waals surface area (Å²) < 4.78 is 2.30. The highest BCUT2D eigenvalue weighted by Gasteiger charge is 2.32. The maximum absolute atomic E-state index is 6.31. The number of fused-ring (bicyclic) bond motifs is 1. The van der Waals surface area contributed by atoms with Crippen molar-refractivity contribution in [3.05, 3.63) is 30.1 Å². The van der Waals surface area contributed by atoms with E-state index in [9.17, 15) is 0 Å². The van der Waals surface area contributed by atoms with Crippen molar-refractivity contribution in [2.24, 2.45) is 11.7 Å². The van der Waals surface area contributed by atoms with E-state index in [1.54, 1.807) is 0 Å². The molecule has 0 amide bonds. The van der Waals surface area contributed by atoms with Crippen molar-refractivity contribution >= 4 is 11.0 Å². The van der Waals surface area contributed by atoms with Gasteiger partial charge in [-0.1, -0.05) is 19.1 Å². The van der Waals surface area contributed by atoms with E-state index in [1.807, 2.05) is 6.07 Å². The van der Waals surface area contributed by atoms with E-state index in [1.165, 1.54) is 18.4 Å². The summed E-state index contributed by atoms with van der Waals surface area (Å²) in [5.41, 5.74) is 8.61. The van der Waals surface area contributed by atoms with Crippen molar-refractivity contribution in [3.63, 3.8) is 0 Å². The van der Waals surface area contributed by atoms with Gasteiger partial charge in [0, 0.05) is 6.54 Å². The molecule has 90 valence electrons. The summed E-state index contributed by atoms with van der Waals surface area (Å²) in [6.07, 6.45) is 3.64. The molecule has 1 heterocycles. The van der Waals surface area contributed by atoms with Gasteiger partial charge in [0.05, 0.1) is 17.1 Å². The Hall–Kier alpha value is -1.35. The van der Waals surface area contributed by atoms with E-state index in [0.29, 0.717) is 5.92 Å². The first-order chi connectivity index (χ1) is 8.31. The Morgan fingerprint density at radius 3 is 2.88 bits per heavy atom. The van der Waals surface area contributed by atoms with E-state index in [4.69, 9.17) is 10.7 Å². The molecule has 0 radical (unpaired) electrons. The zero-order chi connectivity index (χ0) is 11.8. The first-order valence-corrected chi connectivity index (χ1v) is 6.52. The number of nitrogens with two attached hydrogens (primary N) is 1. The zero-order valence-corrected chi connectivity index (χ0v) is 10.3. The third kappa shape index (κ3) is 1.84. The fourth-order valence-corrected chi connectivity index (χ4v) is 2.47. The second-order valence-corrected chi connectivity index (χ2v) is 4.97. The predicted molar refractivity (Wildman–Crippen MR) is 69.7 cm³/mol. The monoisotopic (exact) mass is 229 g/mol. The molecule has 0 saturated heterocycles. The lowest BCUT2D eigenvalue weighted by Crippen LogP contribution is -2.18. The van der Waals surface area contributed by atoms with E-state index >= 15 is 0 Å². The van der Waals surface area contributed by atoms with Crippen LogP contribution in [0.1, 0.15) is 38.1 Å². The van der Waals surface area contributed by atoms with E-state index in [-0.39, 0.29) is 6.04 Å². The van der Waals surface area contributed by atoms with Gasteiger partial charge in [-0.3, -0.25) is 0 Å². The Morgan fingerprint density at radius 2 is 2.18 bits per heavy atom. The van der Waals surface area contributed by atoms with Gasteiger partial charge in [0.15, 0.2) is 0 Å². The Balaban J connectivity index is 2.11. The molecule has 0 aliphatic heterocycles. The van der Waals surface area contributed by atoms with Crippen molar-refractivity contribution in [1.82, 2.24) is 9.55 Å². The first-order valence-electron chi connectivity index (χ1n) is 6.52. The molecular weight excluding hydrogens is 210 g/mol. The first kappa shape index (κ1) is 10.8. The van der Waals surface area contributed by atoms with Crippen LogP contribution in [0.25, 0.3) is 11.0 Å². The van der Waals surface area contributed by atoms with Crippen molar-refractivity contribution in [3.8, 4) is 0 Å². The molecule has 1 unspecified atom stereocenters. The standard InChI is InChI=1S/C14H19N3/c1-2-9-17-12-6-4-3-5-11(12)16-14(17)13(15)10-7-8-10/h3-6,10,13H,2,7-9,15H2,1H3. The molecule has 1 aromatic carbocycles. The summed E-state index contributed by atoms with van der Waals surface area (Å²) in [6, 6.07) is 8.45. The van der Waals surface area contributed by atoms with Crippen LogP contribution in [0, 0.1) is 5.92 Å². The predicted octanol–water partition coefficient (Wildman–Crippen LogP) is 2.86. The second kappa shape index (κ2) is 4.15. The van der Waals surface area contributed by atoms with Gasteiger partial charge in [0.25, 0.3) is 0 Å². The van der Waals surface area contributed by atoms with Gasteiger partial charge < -0.3 is 10.3 Å².